The lowest BCUT2D eigenvalue weighted by atomic mass is 9.95. The van der Waals surface area contributed by atoms with Crippen LogP contribution in [0.3, 0.4) is 0 Å². The summed E-state index contributed by atoms with van der Waals surface area (Å²) in [6.07, 6.45) is 0.637. The molecule has 0 aliphatic carbocycles. The molecule has 0 amide bonds. The first-order valence-electron chi connectivity index (χ1n) is 8.22. The Morgan fingerprint density at radius 1 is 1.16 bits per heavy atom. The molecule has 0 spiro atoms. The van der Waals surface area contributed by atoms with Crippen molar-refractivity contribution >= 4 is 16.6 Å². The topological polar surface area (TPSA) is 52.9 Å². The summed E-state index contributed by atoms with van der Waals surface area (Å²) in [7, 11) is -1.20. The predicted molar refractivity (Wildman–Crippen MR) is 105 cm³/mol. The highest BCUT2D eigenvalue weighted by molar-refractivity contribution is 7.84. The number of hydrogen-bond acceptors (Lipinski definition) is 2. The zero-order chi connectivity index (χ0) is 18.4. The van der Waals surface area contributed by atoms with Crippen molar-refractivity contribution in [2.75, 3.05) is 0 Å². The van der Waals surface area contributed by atoms with Crippen LogP contribution in [0.25, 0.3) is 5.57 Å². The van der Waals surface area contributed by atoms with Crippen LogP contribution in [0.4, 0.5) is 0 Å². The van der Waals surface area contributed by atoms with Gasteiger partial charge in [0.1, 0.15) is 0 Å². The van der Waals surface area contributed by atoms with Crippen molar-refractivity contribution < 1.29 is 4.21 Å². The smallest absolute Gasteiger partial charge is 0.0991 e. The lowest BCUT2D eigenvalue weighted by Crippen LogP contribution is -2.35. The normalized spacial score (nSPS) is 13.7. The van der Waals surface area contributed by atoms with Crippen LogP contribution >= 0.6 is 0 Å². The molecule has 0 bridgehead atoms. The second-order valence-corrected chi connectivity index (χ2v) is 8.96. The number of rotatable bonds is 6. The maximum absolute atomic E-state index is 12.6. The van der Waals surface area contributed by atoms with E-state index >= 15 is 0 Å². The average molecular weight is 353 g/mol. The molecule has 2 aromatic rings. The van der Waals surface area contributed by atoms with Crippen LogP contribution in [0.5, 0.6) is 0 Å². The number of hydrogen-bond donors (Lipinski definition) is 1. The molecule has 0 aromatic heterocycles. The van der Waals surface area contributed by atoms with Crippen molar-refractivity contribution in [2.45, 2.75) is 38.0 Å². The molecule has 1 N–H and O–H groups in total. The van der Waals surface area contributed by atoms with Crippen molar-refractivity contribution in [2.24, 2.45) is 0 Å². The molecular weight excluding hydrogens is 328 g/mol. The molecular formula is C21H24N2OS. The van der Waals surface area contributed by atoms with E-state index in [1.165, 1.54) is 0 Å². The van der Waals surface area contributed by atoms with Gasteiger partial charge in [-0.3, -0.25) is 0 Å². The van der Waals surface area contributed by atoms with Gasteiger partial charge in [-0.2, -0.15) is 5.26 Å². The molecule has 0 fully saturated rings. The van der Waals surface area contributed by atoms with Crippen molar-refractivity contribution in [1.82, 2.24) is 4.72 Å². The summed E-state index contributed by atoms with van der Waals surface area (Å²) in [4.78, 5) is 0. The van der Waals surface area contributed by atoms with Crippen LogP contribution in [0, 0.1) is 11.3 Å². The van der Waals surface area contributed by atoms with Crippen LogP contribution in [0.15, 0.2) is 61.2 Å². The fraction of sp³-hybridized carbons (Fsp3) is 0.286. The molecule has 2 atom stereocenters. The molecule has 2 rings (SSSR count). The Morgan fingerprint density at radius 3 is 2.28 bits per heavy atom. The summed E-state index contributed by atoms with van der Waals surface area (Å²) in [5.74, 6) is 0. The Balaban J connectivity index is 2.26. The Hall–Kier alpha value is -2.22. The molecule has 1 unspecified atom stereocenters. The molecule has 25 heavy (non-hydrogen) atoms. The van der Waals surface area contributed by atoms with Crippen molar-refractivity contribution in [1.29, 1.82) is 5.26 Å². The minimum atomic E-state index is -1.20. The largest absolute Gasteiger partial charge is 0.242 e. The quantitative estimate of drug-likeness (QED) is 0.815. The Labute approximate surface area is 153 Å². The molecule has 0 saturated carbocycles. The van der Waals surface area contributed by atoms with Gasteiger partial charge in [-0.05, 0) is 56.0 Å². The van der Waals surface area contributed by atoms with Crippen LogP contribution in [-0.4, -0.2) is 8.96 Å². The van der Waals surface area contributed by atoms with E-state index in [9.17, 15) is 4.21 Å². The Kier molecular flexibility index (Phi) is 6.30. The Bertz CT molecular complexity index is 783. The van der Waals surface area contributed by atoms with Gasteiger partial charge in [0.15, 0.2) is 0 Å². The van der Waals surface area contributed by atoms with Crippen molar-refractivity contribution in [3.05, 3.63) is 77.9 Å². The van der Waals surface area contributed by atoms with Crippen LogP contribution in [-0.2, 0) is 11.0 Å². The number of benzene rings is 2. The van der Waals surface area contributed by atoms with E-state index in [1.807, 2.05) is 63.2 Å². The lowest BCUT2D eigenvalue weighted by Gasteiger charge is -2.25. The first-order chi connectivity index (χ1) is 11.8. The zero-order valence-corrected chi connectivity index (χ0v) is 15.8. The predicted octanol–water partition coefficient (Wildman–Crippen LogP) is 4.75. The summed E-state index contributed by atoms with van der Waals surface area (Å²) >= 11 is 0. The standard InChI is InChI=1S/C21H24N2OS/c1-16(18-8-6-5-7-9-18)14-20(23-25(24)21(2,3)4)19-12-10-17(15-22)11-13-19/h5-13,20,23H,1,14H2,2-4H3/t20-,25?/m0/s1. The summed E-state index contributed by atoms with van der Waals surface area (Å²) in [5.41, 5.74) is 3.66. The first kappa shape index (κ1) is 19.1. The minimum Gasteiger partial charge on any atom is -0.242 e. The minimum absolute atomic E-state index is 0.138. The van der Waals surface area contributed by atoms with Crippen LogP contribution in [0.2, 0.25) is 0 Å². The summed E-state index contributed by atoms with van der Waals surface area (Å²) < 4.78 is 15.5. The third kappa shape index (κ3) is 5.38. The van der Waals surface area contributed by atoms with Gasteiger partial charge in [0.25, 0.3) is 0 Å². The van der Waals surface area contributed by atoms with Gasteiger partial charge < -0.3 is 0 Å². The molecule has 0 heterocycles. The van der Waals surface area contributed by atoms with Crippen molar-refractivity contribution in [3.8, 4) is 6.07 Å². The number of nitrogens with zero attached hydrogens (tertiary/aromatic N) is 1. The maximum atomic E-state index is 12.6. The number of nitriles is 1. The molecule has 130 valence electrons. The van der Waals surface area contributed by atoms with Gasteiger partial charge in [0, 0.05) is 6.04 Å². The lowest BCUT2D eigenvalue weighted by molar-refractivity contribution is 0.604. The zero-order valence-electron chi connectivity index (χ0n) is 15.0. The highest BCUT2D eigenvalue weighted by Gasteiger charge is 2.24. The van der Waals surface area contributed by atoms with Gasteiger partial charge in [-0.25, -0.2) is 8.93 Å². The van der Waals surface area contributed by atoms with Crippen molar-refractivity contribution in [3.63, 3.8) is 0 Å². The highest BCUT2D eigenvalue weighted by Crippen LogP contribution is 2.28. The molecule has 3 nitrogen and oxygen atoms in total. The van der Waals surface area contributed by atoms with Gasteiger partial charge in [0.05, 0.1) is 27.4 Å². The van der Waals surface area contributed by atoms with E-state index in [4.69, 9.17) is 5.26 Å². The summed E-state index contributed by atoms with van der Waals surface area (Å²) in [6.45, 7) is 10.0. The molecule has 0 radical (unpaired) electrons. The number of nitrogens with one attached hydrogen (secondary N) is 1. The van der Waals surface area contributed by atoms with Gasteiger partial charge >= 0.3 is 0 Å². The molecule has 0 aliphatic rings. The SMILES string of the molecule is C=C(C[C@H](NS(=O)C(C)(C)C)c1ccc(C#N)cc1)c1ccccc1. The molecule has 4 heteroatoms. The van der Waals surface area contributed by atoms with E-state index in [1.54, 1.807) is 12.1 Å². The molecule has 0 aliphatic heterocycles. The van der Waals surface area contributed by atoms with Crippen LogP contribution < -0.4 is 4.72 Å². The average Bonchev–Trinajstić information content (AvgIpc) is 2.61. The first-order valence-corrected chi connectivity index (χ1v) is 9.37. The fourth-order valence-corrected chi connectivity index (χ4v) is 3.19. The van der Waals surface area contributed by atoms with Gasteiger partial charge in [-0.1, -0.05) is 49.0 Å². The van der Waals surface area contributed by atoms with E-state index in [-0.39, 0.29) is 10.8 Å². The van der Waals surface area contributed by atoms with E-state index < -0.39 is 11.0 Å². The van der Waals surface area contributed by atoms with E-state index in [2.05, 4.69) is 17.4 Å². The second kappa shape index (κ2) is 8.24. The van der Waals surface area contributed by atoms with E-state index in [0.29, 0.717) is 12.0 Å². The van der Waals surface area contributed by atoms with Gasteiger partial charge in [-0.15, -0.1) is 0 Å². The Morgan fingerprint density at radius 2 is 1.76 bits per heavy atom. The summed E-state index contributed by atoms with van der Waals surface area (Å²) in [6, 6.07) is 19.4. The van der Waals surface area contributed by atoms with Crippen LogP contribution in [0.1, 0.15) is 49.9 Å². The second-order valence-electron chi connectivity index (χ2n) is 6.96. The monoisotopic (exact) mass is 352 g/mol. The molecule has 2 aromatic carbocycles. The maximum Gasteiger partial charge on any atom is 0.0991 e. The third-order valence-electron chi connectivity index (χ3n) is 3.88. The fourth-order valence-electron chi connectivity index (χ4n) is 2.36. The van der Waals surface area contributed by atoms with E-state index in [0.717, 1.165) is 16.7 Å². The highest BCUT2D eigenvalue weighted by atomic mass is 32.2. The summed E-state index contributed by atoms with van der Waals surface area (Å²) in [5, 5.41) is 8.98. The third-order valence-corrected chi connectivity index (χ3v) is 5.49. The molecule has 0 saturated heterocycles. The van der Waals surface area contributed by atoms with Gasteiger partial charge in [0.2, 0.25) is 0 Å².